The molecule has 1 heterocycles. The first-order chi connectivity index (χ1) is 12.1. The van der Waals surface area contributed by atoms with Crippen molar-refractivity contribution in [2.45, 2.75) is 26.1 Å². The molecular weight excluding hydrogens is 427 g/mol. The quantitative estimate of drug-likeness (QED) is 0.710. The smallest absolute Gasteiger partial charge is 0.252 e. The monoisotopic (exact) mass is 450 g/mol. The largest absolute Gasteiger partial charge is 0.376 e. The van der Waals surface area contributed by atoms with Crippen LogP contribution in [-0.4, -0.2) is 36.6 Å². The van der Waals surface area contributed by atoms with Crippen LogP contribution in [0.3, 0.4) is 0 Å². The number of benzene rings is 2. The number of nitrogens with zero attached hydrogens (tertiary/aromatic N) is 1. The Morgan fingerprint density at radius 3 is 2.84 bits per heavy atom. The van der Waals surface area contributed by atoms with Crippen molar-refractivity contribution in [1.29, 1.82) is 0 Å². The standard InChI is InChI=1S/C20H23IN2O2/c1-15-13-23(9-10-25-15)14-17-6-4-5-16(11-17)12-22-20(24)18-7-2-3-8-19(18)21/h2-8,11,15H,9-10,12-14H2,1H3,(H,22,24). The van der Waals surface area contributed by atoms with Gasteiger partial charge in [-0.15, -0.1) is 0 Å². The van der Waals surface area contributed by atoms with E-state index in [0.717, 1.165) is 40.9 Å². The van der Waals surface area contributed by atoms with Crippen LogP contribution in [0.1, 0.15) is 28.4 Å². The lowest BCUT2D eigenvalue weighted by atomic mass is 10.1. The van der Waals surface area contributed by atoms with E-state index in [9.17, 15) is 4.79 Å². The number of morpholine rings is 1. The zero-order valence-electron chi connectivity index (χ0n) is 14.4. The molecule has 1 aliphatic heterocycles. The fourth-order valence-corrected chi connectivity index (χ4v) is 3.69. The van der Waals surface area contributed by atoms with Gasteiger partial charge in [-0.3, -0.25) is 9.69 Å². The lowest BCUT2D eigenvalue weighted by Crippen LogP contribution is -2.40. The summed E-state index contributed by atoms with van der Waals surface area (Å²) < 4.78 is 6.56. The fourth-order valence-electron chi connectivity index (χ4n) is 3.05. The average Bonchev–Trinajstić information content (AvgIpc) is 2.60. The van der Waals surface area contributed by atoms with Crippen molar-refractivity contribution in [2.75, 3.05) is 19.7 Å². The molecule has 4 nitrogen and oxygen atoms in total. The minimum absolute atomic E-state index is 0.0302. The van der Waals surface area contributed by atoms with Crippen LogP contribution in [0.25, 0.3) is 0 Å². The second-order valence-electron chi connectivity index (χ2n) is 6.40. The van der Waals surface area contributed by atoms with Crippen LogP contribution < -0.4 is 5.32 Å². The third kappa shape index (κ3) is 5.26. The van der Waals surface area contributed by atoms with Crippen LogP contribution in [-0.2, 0) is 17.8 Å². The van der Waals surface area contributed by atoms with E-state index in [2.05, 4.69) is 64.0 Å². The van der Waals surface area contributed by atoms with Crippen LogP contribution >= 0.6 is 22.6 Å². The number of carbonyl (C=O) groups is 1. The van der Waals surface area contributed by atoms with Gasteiger partial charge < -0.3 is 10.1 Å². The molecule has 1 saturated heterocycles. The molecule has 3 rings (SSSR count). The van der Waals surface area contributed by atoms with E-state index in [1.54, 1.807) is 0 Å². The number of rotatable bonds is 5. The highest BCUT2D eigenvalue weighted by Gasteiger charge is 2.16. The molecule has 0 saturated carbocycles. The molecule has 0 radical (unpaired) electrons. The third-order valence-corrected chi connectivity index (χ3v) is 5.23. The van der Waals surface area contributed by atoms with Crippen molar-refractivity contribution in [1.82, 2.24) is 10.2 Å². The molecule has 1 amide bonds. The number of nitrogens with one attached hydrogen (secondary N) is 1. The van der Waals surface area contributed by atoms with Gasteiger partial charge in [-0.25, -0.2) is 0 Å². The van der Waals surface area contributed by atoms with E-state index in [4.69, 9.17) is 4.74 Å². The predicted molar refractivity (Wildman–Crippen MR) is 107 cm³/mol. The molecule has 0 bridgehead atoms. The van der Waals surface area contributed by atoms with Gasteiger partial charge in [0.1, 0.15) is 0 Å². The molecule has 2 aromatic rings. The molecule has 1 unspecified atom stereocenters. The lowest BCUT2D eigenvalue weighted by Gasteiger charge is -2.31. The topological polar surface area (TPSA) is 41.6 Å². The van der Waals surface area contributed by atoms with Gasteiger partial charge in [-0.1, -0.05) is 36.4 Å². The summed E-state index contributed by atoms with van der Waals surface area (Å²) in [5.41, 5.74) is 3.12. The van der Waals surface area contributed by atoms with Crippen LogP contribution in [0.2, 0.25) is 0 Å². The second kappa shape index (κ2) is 8.78. The van der Waals surface area contributed by atoms with E-state index < -0.39 is 0 Å². The highest BCUT2D eigenvalue weighted by molar-refractivity contribution is 14.1. The Labute approximate surface area is 162 Å². The third-order valence-electron chi connectivity index (χ3n) is 4.29. The highest BCUT2D eigenvalue weighted by atomic mass is 127. The van der Waals surface area contributed by atoms with Gasteiger partial charge in [0, 0.05) is 29.7 Å². The van der Waals surface area contributed by atoms with Crippen LogP contribution in [0.4, 0.5) is 0 Å². The molecule has 1 fully saturated rings. The summed E-state index contributed by atoms with van der Waals surface area (Å²) in [6.45, 7) is 6.31. The van der Waals surface area contributed by atoms with E-state index in [1.807, 2.05) is 24.3 Å². The van der Waals surface area contributed by atoms with Crippen molar-refractivity contribution in [3.05, 3.63) is 68.8 Å². The van der Waals surface area contributed by atoms with Crippen molar-refractivity contribution in [3.63, 3.8) is 0 Å². The SMILES string of the molecule is CC1CN(Cc2cccc(CNC(=O)c3ccccc3I)c2)CCO1. The highest BCUT2D eigenvalue weighted by Crippen LogP contribution is 2.14. The van der Waals surface area contributed by atoms with Gasteiger partial charge in [-0.2, -0.15) is 0 Å². The van der Waals surface area contributed by atoms with E-state index in [-0.39, 0.29) is 5.91 Å². The first-order valence-corrected chi connectivity index (χ1v) is 9.64. The lowest BCUT2D eigenvalue weighted by molar-refractivity contribution is -0.0212. The Kier molecular flexibility index (Phi) is 6.45. The van der Waals surface area contributed by atoms with E-state index in [1.165, 1.54) is 5.56 Å². The fraction of sp³-hybridized carbons (Fsp3) is 0.350. The normalized spacial score (nSPS) is 18.1. The van der Waals surface area contributed by atoms with Crippen molar-refractivity contribution < 1.29 is 9.53 Å². The molecule has 0 aliphatic carbocycles. The van der Waals surface area contributed by atoms with Crippen molar-refractivity contribution in [2.24, 2.45) is 0 Å². The zero-order valence-corrected chi connectivity index (χ0v) is 16.5. The molecule has 1 N–H and O–H groups in total. The minimum Gasteiger partial charge on any atom is -0.376 e. The van der Waals surface area contributed by atoms with Crippen LogP contribution in [0.15, 0.2) is 48.5 Å². The number of hydrogen-bond donors (Lipinski definition) is 1. The Balaban J connectivity index is 1.58. The summed E-state index contributed by atoms with van der Waals surface area (Å²) in [7, 11) is 0. The molecule has 1 aliphatic rings. The van der Waals surface area contributed by atoms with Gasteiger partial charge in [0.15, 0.2) is 0 Å². The summed E-state index contributed by atoms with van der Waals surface area (Å²) >= 11 is 2.19. The first kappa shape index (κ1) is 18.4. The Hall–Kier alpha value is -1.44. The maximum absolute atomic E-state index is 12.3. The minimum atomic E-state index is -0.0302. The number of halogens is 1. The van der Waals surface area contributed by atoms with E-state index in [0.29, 0.717) is 12.6 Å². The van der Waals surface area contributed by atoms with Gasteiger partial charge in [0.2, 0.25) is 0 Å². The zero-order chi connectivity index (χ0) is 17.6. The summed E-state index contributed by atoms with van der Waals surface area (Å²) in [5, 5.41) is 3.02. The Morgan fingerprint density at radius 2 is 2.04 bits per heavy atom. The van der Waals surface area contributed by atoms with Crippen LogP contribution in [0.5, 0.6) is 0 Å². The summed E-state index contributed by atoms with van der Waals surface area (Å²) in [6.07, 6.45) is 0.296. The van der Waals surface area contributed by atoms with Crippen molar-refractivity contribution >= 4 is 28.5 Å². The molecule has 1 atom stereocenters. The Morgan fingerprint density at radius 1 is 1.24 bits per heavy atom. The molecule has 25 heavy (non-hydrogen) atoms. The molecule has 2 aromatic carbocycles. The number of amides is 1. The van der Waals surface area contributed by atoms with Crippen molar-refractivity contribution in [3.8, 4) is 0 Å². The number of hydrogen-bond acceptors (Lipinski definition) is 3. The summed E-state index contributed by atoms with van der Waals surface area (Å²) in [6, 6.07) is 16.1. The number of carbonyl (C=O) groups excluding carboxylic acids is 1. The maximum atomic E-state index is 12.3. The first-order valence-electron chi connectivity index (χ1n) is 8.56. The van der Waals surface area contributed by atoms with Crippen LogP contribution in [0, 0.1) is 3.57 Å². The van der Waals surface area contributed by atoms with Gasteiger partial charge in [-0.05, 0) is 52.8 Å². The summed E-state index contributed by atoms with van der Waals surface area (Å²) in [5.74, 6) is -0.0302. The molecule has 5 heteroatoms. The molecule has 132 valence electrons. The predicted octanol–water partition coefficient (Wildman–Crippen LogP) is 3.44. The second-order valence-corrected chi connectivity index (χ2v) is 7.56. The van der Waals surface area contributed by atoms with Gasteiger partial charge in [0.05, 0.1) is 18.3 Å². The average molecular weight is 450 g/mol. The number of ether oxygens (including phenoxy) is 1. The molecule has 0 aromatic heterocycles. The molecule has 0 spiro atoms. The van der Waals surface area contributed by atoms with Gasteiger partial charge in [0.25, 0.3) is 5.91 Å². The Bertz CT molecular complexity index is 735. The molecular formula is C20H23IN2O2. The van der Waals surface area contributed by atoms with Gasteiger partial charge >= 0.3 is 0 Å². The maximum Gasteiger partial charge on any atom is 0.252 e. The summed E-state index contributed by atoms with van der Waals surface area (Å²) in [4.78, 5) is 14.8. The van der Waals surface area contributed by atoms with E-state index >= 15 is 0 Å².